The van der Waals surface area contributed by atoms with Gasteiger partial charge in [-0.25, -0.2) is 9.97 Å². The van der Waals surface area contributed by atoms with Gasteiger partial charge in [-0.2, -0.15) is 0 Å². The van der Waals surface area contributed by atoms with Crippen molar-refractivity contribution in [1.29, 1.82) is 0 Å². The first-order valence-corrected chi connectivity index (χ1v) is 9.22. The summed E-state index contributed by atoms with van der Waals surface area (Å²) in [5.74, 6) is 0.748. The number of amides is 1. The van der Waals surface area contributed by atoms with Gasteiger partial charge >= 0.3 is 0 Å². The molecule has 1 N–H and O–H groups in total. The average molecular weight is 338 g/mol. The molecule has 1 aromatic carbocycles. The van der Waals surface area contributed by atoms with Gasteiger partial charge < -0.3 is 10.2 Å². The molecule has 1 fully saturated rings. The zero-order chi connectivity index (χ0) is 17.3. The molecule has 5 heteroatoms. The van der Waals surface area contributed by atoms with E-state index in [1.807, 2.05) is 24.3 Å². The van der Waals surface area contributed by atoms with Gasteiger partial charge in [0, 0.05) is 25.7 Å². The highest BCUT2D eigenvalue weighted by Crippen LogP contribution is 2.17. The molecule has 0 bridgehead atoms. The van der Waals surface area contributed by atoms with Gasteiger partial charge in [0.2, 0.25) is 0 Å². The maximum atomic E-state index is 12.3. The molecule has 132 valence electrons. The summed E-state index contributed by atoms with van der Waals surface area (Å²) in [4.78, 5) is 23.1. The lowest BCUT2D eigenvalue weighted by molar-refractivity contribution is 0.0948. The fraction of sp³-hybridized carbons (Fsp3) is 0.450. The molecule has 1 aliphatic heterocycles. The molecule has 25 heavy (non-hydrogen) atoms. The molecule has 1 amide bonds. The summed E-state index contributed by atoms with van der Waals surface area (Å²) in [5, 5.41) is 2.96. The number of aromatic nitrogens is 2. The minimum atomic E-state index is -0.119. The smallest absolute Gasteiger partial charge is 0.270 e. The lowest BCUT2D eigenvalue weighted by Gasteiger charge is -2.21. The molecule has 0 radical (unpaired) electrons. The Morgan fingerprint density at radius 1 is 1.04 bits per heavy atom. The first kappa shape index (κ1) is 17.4. The number of anilines is 1. The Balaban J connectivity index is 1.50. The molecule has 1 aliphatic rings. The minimum Gasteiger partial charge on any atom is -0.357 e. The Kier molecular flexibility index (Phi) is 6.37. The lowest BCUT2D eigenvalue weighted by atomic mass is 10.1. The zero-order valence-corrected chi connectivity index (χ0v) is 14.7. The Bertz CT molecular complexity index is 666. The van der Waals surface area contributed by atoms with E-state index in [2.05, 4.69) is 32.3 Å². The second-order valence-corrected chi connectivity index (χ2v) is 6.51. The molecule has 0 aliphatic carbocycles. The van der Waals surface area contributed by atoms with Gasteiger partial charge in [-0.3, -0.25) is 4.79 Å². The minimum absolute atomic E-state index is 0.119. The van der Waals surface area contributed by atoms with Crippen molar-refractivity contribution in [3.8, 4) is 0 Å². The summed E-state index contributed by atoms with van der Waals surface area (Å²) in [7, 11) is 0. The molecule has 0 atom stereocenters. The number of aryl methyl sites for hydroxylation is 1. The Morgan fingerprint density at radius 2 is 1.80 bits per heavy atom. The van der Waals surface area contributed by atoms with Gasteiger partial charge in [-0.1, -0.05) is 43.2 Å². The van der Waals surface area contributed by atoms with E-state index in [9.17, 15) is 4.79 Å². The van der Waals surface area contributed by atoms with E-state index in [-0.39, 0.29) is 5.91 Å². The number of nitrogens with zero attached hydrogens (tertiary/aromatic N) is 3. The number of hydrogen-bond acceptors (Lipinski definition) is 4. The van der Waals surface area contributed by atoms with E-state index in [4.69, 9.17) is 0 Å². The molecule has 0 unspecified atom stereocenters. The van der Waals surface area contributed by atoms with Crippen LogP contribution in [0.25, 0.3) is 0 Å². The van der Waals surface area contributed by atoms with E-state index in [1.54, 1.807) is 0 Å². The highest BCUT2D eigenvalue weighted by Gasteiger charge is 2.14. The summed E-state index contributed by atoms with van der Waals surface area (Å²) < 4.78 is 0. The number of benzene rings is 1. The Hall–Kier alpha value is -2.43. The van der Waals surface area contributed by atoms with E-state index in [0.29, 0.717) is 12.2 Å². The van der Waals surface area contributed by atoms with Crippen molar-refractivity contribution in [3.63, 3.8) is 0 Å². The van der Waals surface area contributed by atoms with Gasteiger partial charge in [0.15, 0.2) is 0 Å². The highest BCUT2D eigenvalue weighted by atomic mass is 16.1. The van der Waals surface area contributed by atoms with Crippen molar-refractivity contribution < 1.29 is 4.79 Å². The zero-order valence-electron chi connectivity index (χ0n) is 14.7. The predicted molar refractivity (Wildman–Crippen MR) is 99.8 cm³/mol. The first-order valence-electron chi connectivity index (χ1n) is 9.22. The third kappa shape index (κ3) is 5.28. The lowest BCUT2D eigenvalue weighted by Crippen LogP contribution is -2.28. The van der Waals surface area contributed by atoms with Crippen molar-refractivity contribution >= 4 is 11.7 Å². The number of hydrogen-bond donors (Lipinski definition) is 1. The second kappa shape index (κ2) is 9.16. The third-order valence-corrected chi connectivity index (χ3v) is 4.59. The fourth-order valence-corrected chi connectivity index (χ4v) is 3.17. The van der Waals surface area contributed by atoms with Crippen LogP contribution in [0.1, 0.15) is 48.2 Å². The van der Waals surface area contributed by atoms with E-state index >= 15 is 0 Å². The van der Waals surface area contributed by atoms with Gasteiger partial charge in [-0.05, 0) is 31.2 Å². The predicted octanol–water partition coefficient (Wildman–Crippen LogP) is 3.22. The topological polar surface area (TPSA) is 58.1 Å². The van der Waals surface area contributed by atoms with Crippen LogP contribution in [0.4, 0.5) is 5.82 Å². The summed E-state index contributed by atoms with van der Waals surface area (Å²) in [5.41, 5.74) is 1.75. The molecule has 2 heterocycles. The molecule has 1 aromatic heterocycles. The van der Waals surface area contributed by atoms with Gasteiger partial charge in [-0.15, -0.1) is 0 Å². The van der Waals surface area contributed by atoms with Crippen LogP contribution in [0.2, 0.25) is 0 Å². The molecular weight excluding hydrogens is 312 g/mol. The summed E-state index contributed by atoms with van der Waals surface area (Å²) >= 11 is 0. The number of rotatable bonds is 6. The van der Waals surface area contributed by atoms with Crippen LogP contribution in [-0.4, -0.2) is 35.5 Å². The normalized spacial score (nSPS) is 14.8. The van der Waals surface area contributed by atoms with Crippen molar-refractivity contribution in [3.05, 3.63) is 54.0 Å². The summed E-state index contributed by atoms with van der Waals surface area (Å²) in [6, 6.07) is 12.1. The summed E-state index contributed by atoms with van der Waals surface area (Å²) in [6.45, 7) is 2.67. The average Bonchev–Trinajstić information content (AvgIpc) is 2.95. The standard InChI is InChI=1S/C20H26N4O/c25-20(21-12-8-11-17-9-4-3-5-10-17)18-15-19(23-16-22-18)24-13-6-1-2-7-14-24/h3-5,9-10,15-16H,1-2,6-8,11-14H2,(H,21,25). The van der Waals surface area contributed by atoms with Crippen molar-refractivity contribution in [2.75, 3.05) is 24.5 Å². The van der Waals surface area contributed by atoms with Crippen LogP contribution in [0.3, 0.4) is 0 Å². The van der Waals surface area contributed by atoms with Crippen molar-refractivity contribution in [2.45, 2.75) is 38.5 Å². The maximum absolute atomic E-state index is 12.3. The summed E-state index contributed by atoms with van der Waals surface area (Å²) in [6.07, 6.45) is 8.30. The number of carbonyl (C=O) groups excluding carboxylic acids is 1. The first-order chi connectivity index (χ1) is 12.3. The van der Waals surface area contributed by atoms with Crippen molar-refractivity contribution in [2.24, 2.45) is 0 Å². The SMILES string of the molecule is O=C(NCCCc1ccccc1)c1cc(N2CCCCCC2)ncn1. The van der Waals surface area contributed by atoms with Crippen LogP contribution in [0.15, 0.2) is 42.7 Å². The van der Waals surface area contributed by atoms with Crippen LogP contribution < -0.4 is 10.2 Å². The molecule has 1 saturated heterocycles. The third-order valence-electron chi connectivity index (χ3n) is 4.59. The Morgan fingerprint density at radius 3 is 2.56 bits per heavy atom. The quantitative estimate of drug-likeness (QED) is 0.822. The Labute approximate surface area is 149 Å². The van der Waals surface area contributed by atoms with E-state index in [1.165, 1.54) is 37.6 Å². The number of nitrogens with one attached hydrogen (secondary N) is 1. The van der Waals surface area contributed by atoms with Crippen LogP contribution >= 0.6 is 0 Å². The number of carbonyl (C=O) groups is 1. The van der Waals surface area contributed by atoms with Crippen molar-refractivity contribution in [1.82, 2.24) is 15.3 Å². The second-order valence-electron chi connectivity index (χ2n) is 6.51. The molecule has 0 spiro atoms. The molecule has 0 saturated carbocycles. The molecule has 2 aromatic rings. The fourth-order valence-electron chi connectivity index (χ4n) is 3.17. The maximum Gasteiger partial charge on any atom is 0.270 e. The van der Waals surface area contributed by atoms with Crippen LogP contribution in [0.5, 0.6) is 0 Å². The largest absolute Gasteiger partial charge is 0.357 e. The monoisotopic (exact) mass is 338 g/mol. The van der Waals surface area contributed by atoms with Crippen LogP contribution in [0, 0.1) is 0 Å². The van der Waals surface area contributed by atoms with Gasteiger partial charge in [0.25, 0.3) is 5.91 Å². The molecule has 5 nitrogen and oxygen atoms in total. The van der Waals surface area contributed by atoms with Gasteiger partial charge in [0.1, 0.15) is 17.8 Å². The van der Waals surface area contributed by atoms with E-state index < -0.39 is 0 Å². The van der Waals surface area contributed by atoms with Gasteiger partial charge in [0.05, 0.1) is 0 Å². The highest BCUT2D eigenvalue weighted by molar-refractivity contribution is 5.92. The molecular formula is C20H26N4O. The van der Waals surface area contributed by atoms with Crippen LogP contribution in [-0.2, 0) is 6.42 Å². The molecule has 3 rings (SSSR count). The van der Waals surface area contributed by atoms with E-state index in [0.717, 1.165) is 31.7 Å².